The number of carboxylic acid groups (broad SMARTS) is 1. The number of nitrogens with zero attached hydrogens (tertiary/aromatic N) is 2. The normalized spacial score (nSPS) is 11.0. The molecule has 0 fully saturated rings. The minimum absolute atomic E-state index is 0.224. The Morgan fingerprint density at radius 3 is 2.47 bits per heavy atom. The Balaban J connectivity index is 0.000000360. The van der Waals surface area contributed by atoms with Crippen molar-refractivity contribution in [1.82, 2.24) is 15.5 Å². The van der Waals surface area contributed by atoms with Crippen molar-refractivity contribution in [1.29, 1.82) is 0 Å². The maximum Gasteiger partial charge on any atom is 0.490 e. The Labute approximate surface area is 178 Å². The average Bonchev–Trinajstić information content (AvgIpc) is 3.41. The van der Waals surface area contributed by atoms with Gasteiger partial charge >= 0.3 is 12.1 Å². The van der Waals surface area contributed by atoms with E-state index in [-0.39, 0.29) is 11.6 Å². The first-order valence-corrected chi connectivity index (χ1v) is 9.17. The molecule has 1 aromatic carbocycles. The van der Waals surface area contributed by atoms with Crippen LogP contribution in [0.3, 0.4) is 0 Å². The van der Waals surface area contributed by atoms with E-state index < -0.39 is 12.1 Å². The number of alkyl halides is 3. The number of aromatic nitrogens is 2. The second-order valence-corrected chi connectivity index (χ2v) is 6.39. The van der Waals surface area contributed by atoms with Gasteiger partial charge in [-0.15, -0.1) is 0 Å². The topological polar surface area (TPSA) is 118 Å². The number of para-hydroxylation sites is 1. The number of fused-ring (bicyclic) bond motifs is 1. The van der Waals surface area contributed by atoms with E-state index >= 15 is 0 Å². The second-order valence-electron chi connectivity index (χ2n) is 6.39. The number of pyridine rings is 1. The summed E-state index contributed by atoms with van der Waals surface area (Å²) >= 11 is 0. The smallest absolute Gasteiger partial charge is 0.475 e. The SMILES string of the molecule is O=C(NCCc1cccnc1)c1cc(-c2cc3ccccc3o2)on1.O=C(O)C(F)(F)F. The molecule has 4 rings (SSSR count). The zero-order valence-corrected chi connectivity index (χ0v) is 16.3. The fourth-order valence-corrected chi connectivity index (χ4v) is 2.56. The lowest BCUT2D eigenvalue weighted by Gasteiger charge is -2.02. The van der Waals surface area contributed by atoms with Crippen LogP contribution >= 0.6 is 0 Å². The number of rotatable bonds is 5. The lowest BCUT2D eigenvalue weighted by Crippen LogP contribution is -2.25. The zero-order valence-electron chi connectivity index (χ0n) is 16.3. The van der Waals surface area contributed by atoms with Crippen LogP contribution in [0.5, 0.6) is 0 Å². The third kappa shape index (κ3) is 5.94. The number of carbonyl (C=O) groups is 2. The van der Waals surface area contributed by atoms with Crippen LogP contribution in [0, 0.1) is 0 Å². The van der Waals surface area contributed by atoms with Gasteiger partial charge in [0.15, 0.2) is 11.5 Å². The van der Waals surface area contributed by atoms with Gasteiger partial charge in [-0.25, -0.2) is 4.79 Å². The van der Waals surface area contributed by atoms with E-state index in [2.05, 4.69) is 15.5 Å². The van der Waals surface area contributed by atoms with E-state index in [9.17, 15) is 18.0 Å². The quantitative estimate of drug-likeness (QED) is 0.473. The monoisotopic (exact) mass is 447 g/mol. The molecule has 0 aliphatic carbocycles. The molecule has 0 bridgehead atoms. The Morgan fingerprint density at radius 2 is 1.81 bits per heavy atom. The summed E-state index contributed by atoms with van der Waals surface area (Å²) in [6.07, 6.45) is -0.882. The number of benzene rings is 1. The van der Waals surface area contributed by atoms with Gasteiger partial charge in [0.2, 0.25) is 5.76 Å². The Kier molecular flexibility index (Phi) is 6.88. The highest BCUT2D eigenvalue weighted by atomic mass is 19.4. The summed E-state index contributed by atoms with van der Waals surface area (Å²) in [6.45, 7) is 0.497. The number of halogens is 3. The molecule has 0 saturated carbocycles. The van der Waals surface area contributed by atoms with Gasteiger partial charge in [-0.1, -0.05) is 29.4 Å². The van der Waals surface area contributed by atoms with Crippen molar-refractivity contribution in [2.24, 2.45) is 0 Å². The van der Waals surface area contributed by atoms with Crippen molar-refractivity contribution >= 4 is 22.8 Å². The van der Waals surface area contributed by atoms with Crippen molar-refractivity contribution in [3.05, 3.63) is 72.2 Å². The molecule has 3 aromatic heterocycles. The molecule has 32 heavy (non-hydrogen) atoms. The van der Waals surface area contributed by atoms with Gasteiger partial charge in [0.1, 0.15) is 5.58 Å². The summed E-state index contributed by atoms with van der Waals surface area (Å²) in [5.74, 6) is -2.07. The summed E-state index contributed by atoms with van der Waals surface area (Å²) in [5, 5.41) is 14.7. The van der Waals surface area contributed by atoms with E-state index in [4.69, 9.17) is 18.8 Å². The summed E-state index contributed by atoms with van der Waals surface area (Å²) < 4.78 is 42.7. The molecular formula is C21H16F3N3O5. The van der Waals surface area contributed by atoms with Crippen LogP contribution in [0.1, 0.15) is 16.1 Å². The van der Waals surface area contributed by atoms with Crippen molar-refractivity contribution in [3.63, 3.8) is 0 Å². The van der Waals surface area contributed by atoms with Crippen LogP contribution < -0.4 is 5.32 Å². The Morgan fingerprint density at radius 1 is 1.06 bits per heavy atom. The molecule has 8 nitrogen and oxygen atoms in total. The highest BCUT2D eigenvalue weighted by molar-refractivity contribution is 5.93. The van der Waals surface area contributed by atoms with E-state index in [1.165, 1.54) is 0 Å². The maximum atomic E-state index is 12.2. The first-order chi connectivity index (χ1) is 15.2. The molecule has 2 N–H and O–H groups in total. The van der Waals surface area contributed by atoms with Crippen LogP contribution in [0.25, 0.3) is 22.5 Å². The Bertz CT molecular complexity index is 1170. The van der Waals surface area contributed by atoms with Crippen LogP contribution in [0.4, 0.5) is 13.2 Å². The fourth-order valence-electron chi connectivity index (χ4n) is 2.56. The largest absolute Gasteiger partial charge is 0.490 e. The van der Waals surface area contributed by atoms with Crippen molar-refractivity contribution in [2.75, 3.05) is 6.54 Å². The number of aliphatic carboxylic acids is 1. The lowest BCUT2D eigenvalue weighted by molar-refractivity contribution is -0.192. The third-order valence-electron chi connectivity index (χ3n) is 4.08. The summed E-state index contributed by atoms with van der Waals surface area (Å²) in [7, 11) is 0. The highest BCUT2D eigenvalue weighted by Crippen LogP contribution is 2.28. The second kappa shape index (κ2) is 9.77. The van der Waals surface area contributed by atoms with Gasteiger partial charge in [0, 0.05) is 30.4 Å². The van der Waals surface area contributed by atoms with Gasteiger partial charge < -0.3 is 19.4 Å². The molecule has 0 saturated heterocycles. The van der Waals surface area contributed by atoms with Crippen LogP contribution in [0.15, 0.2) is 69.9 Å². The minimum atomic E-state index is -5.08. The molecule has 0 aliphatic rings. The molecule has 11 heteroatoms. The molecule has 0 unspecified atom stereocenters. The van der Waals surface area contributed by atoms with Crippen molar-refractivity contribution in [3.8, 4) is 11.5 Å². The predicted octanol–water partition coefficient (Wildman–Crippen LogP) is 4.09. The number of carboxylic acids is 1. The number of nitrogens with one attached hydrogen (secondary N) is 1. The summed E-state index contributed by atoms with van der Waals surface area (Å²) in [6, 6.07) is 14.9. The molecule has 3 heterocycles. The number of hydrogen-bond acceptors (Lipinski definition) is 6. The van der Waals surface area contributed by atoms with Gasteiger partial charge in [-0.05, 0) is 30.2 Å². The van der Waals surface area contributed by atoms with E-state index in [1.54, 1.807) is 18.5 Å². The number of amides is 1. The summed E-state index contributed by atoms with van der Waals surface area (Å²) in [4.78, 5) is 25.1. The number of hydrogen-bond donors (Lipinski definition) is 2. The molecular weight excluding hydrogens is 431 g/mol. The van der Waals surface area contributed by atoms with E-state index in [0.717, 1.165) is 16.5 Å². The molecule has 166 valence electrons. The zero-order chi connectivity index (χ0) is 23.1. The fraction of sp³-hybridized carbons (Fsp3) is 0.143. The van der Waals surface area contributed by atoms with Crippen LogP contribution in [0.2, 0.25) is 0 Å². The number of carbonyl (C=O) groups excluding carboxylic acids is 1. The highest BCUT2D eigenvalue weighted by Gasteiger charge is 2.38. The molecule has 0 spiro atoms. The van der Waals surface area contributed by atoms with Crippen LogP contribution in [-0.4, -0.2) is 39.8 Å². The maximum absolute atomic E-state index is 12.2. The summed E-state index contributed by atoms with van der Waals surface area (Å²) in [5.41, 5.74) is 2.05. The van der Waals surface area contributed by atoms with E-state index in [1.807, 2.05) is 42.5 Å². The standard InChI is InChI=1S/C19H15N3O3.C2HF3O2/c23-19(21-9-7-13-4-3-8-20-12-13)15-11-18(25-22-15)17-10-14-5-1-2-6-16(14)24-17;3-2(4,5)1(6)7/h1-6,8,10-12H,7,9H2,(H,21,23);(H,6,7). The Hall–Kier alpha value is -4.15. The van der Waals surface area contributed by atoms with Gasteiger partial charge in [-0.2, -0.15) is 13.2 Å². The molecule has 4 aromatic rings. The predicted molar refractivity (Wildman–Crippen MR) is 106 cm³/mol. The lowest BCUT2D eigenvalue weighted by atomic mass is 10.2. The van der Waals surface area contributed by atoms with Gasteiger partial charge in [0.25, 0.3) is 5.91 Å². The van der Waals surface area contributed by atoms with Gasteiger partial charge in [0.05, 0.1) is 0 Å². The van der Waals surface area contributed by atoms with Gasteiger partial charge in [-0.3, -0.25) is 9.78 Å². The first kappa shape index (κ1) is 22.5. The molecule has 0 radical (unpaired) electrons. The van der Waals surface area contributed by atoms with Crippen molar-refractivity contribution in [2.45, 2.75) is 12.6 Å². The first-order valence-electron chi connectivity index (χ1n) is 9.17. The average molecular weight is 447 g/mol. The third-order valence-corrected chi connectivity index (χ3v) is 4.08. The van der Waals surface area contributed by atoms with Crippen LogP contribution in [-0.2, 0) is 11.2 Å². The number of furan rings is 1. The van der Waals surface area contributed by atoms with E-state index in [0.29, 0.717) is 24.5 Å². The van der Waals surface area contributed by atoms with Crippen molar-refractivity contribution < 1.29 is 36.8 Å². The minimum Gasteiger partial charge on any atom is -0.475 e. The molecule has 0 atom stereocenters. The molecule has 1 amide bonds. The molecule has 0 aliphatic heterocycles.